The monoisotopic (exact) mass is 474 g/mol. The van der Waals surface area contributed by atoms with Crippen LogP contribution in [0.1, 0.15) is 33.6 Å². The number of nitrogen functional groups attached to an aromatic ring is 1. The first-order chi connectivity index (χ1) is 16.2. The Bertz CT molecular complexity index is 1470. The van der Waals surface area contributed by atoms with Crippen LogP contribution in [0.5, 0.6) is 0 Å². The van der Waals surface area contributed by atoms with E-state index in [1.165, 1.54) is 11.4 Å². The van der Waals surface area contributed by atoms with Crippen molar-refractivity contribution in [3.63, 3.8) is 0 Å². The fourth-order valence-electron chi connectivity index (χ4n) is 4.00. The largest absolute Gasteiger partial charge is 0.384 e. The molecular formula is C26H26N4O3S. The molecule has 0 aliphatic heterocycles. The molecule has 0 spiro atoms. The summed E-state index contributed by atoms with van der Waals surface area (Å²) in [5.41, 5.74) is 9.57. The predicted molar refractivity (Wildman–Crippen MR) is 135 cm³/mol. The summed E-state index contributed by atoms with van der Waals surface area (Å²) in [5.74, 6) is -0.00945. The molecule has 4 aromatic rings. The van der Waals surface area contributed by atoms with Gasteiger partial charge < -0.3 is 10.7 Å². The van der Waals surface area contributed by atoms with Crippen LogP contribution in [0.2, 0.25) is 0 Å². The van der Waals surface area contributed by atoms with E-state index in [1.807, 2.05) is 25.1 Å². The van der Waals surface area contributed by atoms with Gasteiger partial charge >= 0.3 is 0 Å². The highest BCUT2D eigenvalue weighted by Gasteiger charge is 2.23. The smallest absolute Gasteiger partial charge is 0.264 e. The van der Waals surface area contributed by atoms with Crippen molar-refractivity contribution in [2.45, 2.75) is 24.7 Å². The molecule has 3 aromatic carbocycles. The number of hydrogen-bond donors (Lipinski definition) is 3. The molecule has 0 bridgehead atoms. The second-order valence-electron chi connectivity index (χ2n) is 8.17. The zero-order chi connectivity index (χ0) is 24.5. The SMILES string of the molecule is Cc1[nH]c2cc(S(=O)(=O)N(C)c3ccccc3)ccc2c1C(=O)CCc1ccc(C(=N)N)cc1. The second kappa shape index (κ2) is 9.15. The number of nitrogens with zero attached hydrogens (tertiary/aromatic N) is 1. The van der Waals surface area contributed by atoms with E-state index >= 15 is 0 Å². The van der Waals surface area contributed by atoms with Crippen molar-refractivity contribution in [3.8, 4) is 0 Å². The number of aromatic nitrogens is 1. The van der Waals surface area contributed by atoms with Crippen molar-refractivity contribution in [2.75, 3.05) is 11.4 Å². The van der Waals surface area contributed by atoms with Crippen molar-refractivity contribution in [1.29, 1.82) is 5.41 Å². The van der Waals surface area contributed by atoms with Crippen LogP contribution in [0.3, 0.4) is 0 Å². The lowest BCUT2D eigenvalue weighted by Gasteiger charge is -2.19. The average Bonchev–Trinajstić information content (AvgIpc) is 3.17. The normalized spacial score (nSPS) is 11.5. The zero-order valence-corrected chi connectivity index (χ0v) is 19.8. The summed E-state index contributed by atoms with van der Waals surface area (Å²) in [6.07, 6.45) is 0.863. The van der Waals surface area contributed by atoms with Crippen molar-refractivity contribution in [3.05, 3.63) is 95.2 Å². The van der Waals surface area contributed by atoms with E-state index in [1.54, 1.807) is 54.6 Å². The van der Waals surface area contributed by atoms with Crippen molar-refractivity contribution < 1.29 is 13.2 Å². The number of sulfonamides is 1. The Morgan fingerprint density at radius 3 is 2.35 bits per heavy atom. The number of nitrogens with one attached hydrogen (secondary N) is 2. The Balaban J connectivity index is 1.57. The highest BCUT2D eigenvalue weighted by atomic mass is 32.2. The maximum Gasteiger partial charge on any atom is 0.264 e. The molecular weight excluding hydrogens is 448 g/mol. The number of ketones is 1. The highest BCUT2D eigenvalue weighted by molar-refractivity contribution is 7.92. The maximum atomic E-state index is 13.2. The number of benzene rings is 3. The number of Topliss-reactive ketones (excluding diaryl/α,β-unsaturated/α-hetero) is 1. The molecule has 0 aliphatic rings. The van der Waals surface area contributed by atoms with E-state index in [9.17, 15) is 13.2 Å². The van der Waals surface area contributed by atoms with Gasteiger partial charge in [0.05, 0.1) is 10.6 Å². The average molecular weight is 475 g/mol. The van der Waals surface area contributed by atoms with Crippen molar-refractivity contribution in [2.24, 2.45) is 5.73 Å². The first-order valence-electron chi connectivity index (χ1n) is 10.8. The summed E-state index contributed by atoms with van der Waals surface area (Å²) in [6, 6.07) is 21.0. The van der Waals surface area contributed by atoms with Gasteiger partial charge in [0.15, 0.2) is 5.78 Å². The molecule has 0 fully saturated rings. The number of nitrogens with two attached hydrogens (primary N) is 1. The first-order valence-corrected chi connectivity index (χ1v) is 12.3. The fraction of sp³-hybridized carbons (Fsp3) is 0.154. The number of anilines is 1. The van der Waals surface area contributed by atoms with Crippen LogP contribution >= 0.6 is 0 Å². The Labute approximate surface area is 198 Å². The van der Waals surface area contributed by atoms with Crippen LogP contribution in [-0.2, 0) is 16.4 Å². The molecule has 7 nitrogen and oxygen atoms in total. The summed E-state index contributed by atoms with van der Waals surface area (Å²) in [5, 5.41) is 8.18. The lowest BCUT2D eigenvalue weighted by molar-refractivity contribution is 0.0984. The summed E-state index contributed by atoms with van der Waals surface area (Å²) in [4.78, 5) is 16.4. The molecule has 0 saturated carbocycles. The van der Waals surface area contributed by atoms with Gasteiger partial charge in [0.25, 0.3) is 10.0 Å². The minimum atomic E-state index is -3.76. The fourth-order valence-corrected chi connectivity index (χ4v) is 5.22. The van der Waals surface area contributed by atoms with Gasteiger partial charge in [-0.15, -0.1) is 0 Å². The number of aromatic amines is 1. The third-order valence-electron chi connectivity index (χ3n) is 5.92. The van der Waals surface area contributed by atoms with Crippen LogP contribution in [0.4, 0.5) is 5.69 Å². The predicted octanol–water partition coefficient (Wildman–Crippen LogP) is 4.40. The lowest BCUT2D eigenvalue weighted by atomic mass is 10.00. The molecule has 0 radical (unpaired) electrons. The van der Waals surface area contributed by atoms with Gasteiger partial charge in [-0.2, -0.15) is 0 Å². The molecule has 0 atom stereocenters. The number of H-pyrrole nitrogens is 1. The van der Waals surface area contributed by atoms with Crippen molar-refractivity contribution in [1.82, 2.24) is 4.98 Å². The van der Waals surface area contributed by atoms with Crippen LogP contribution in [0, 0.1) is 12.3 Å². The number of hydrogen-bond acceptors (Lipinski definition) is 4. The van der Waals surface area contributed by atoms with Crippen LogP contribution in [0.25, 0.3) is 10.9 Å². The summed E-state index contributed by atoms with van der Waals surface area (Å²) in [7, 11) is -2.24. The van der Waals surface area contributed by atoms with E-state index in [4.69, 9.17) is 11.1 Å². The van der Waals surface area contributed by atoms with Crippen LogP contribution < -0.4 is 10.0 Å². The van der Waals surface area contributed by atoms with E-state index in [0.717, 1.165) is 5.56 Å². The number of amidine groups is 1. The number of rotatable bonds is 8. The molecule has 0 unspecified atom stereocenters. The molecule has 0 aliphatic carbocycles. The summed E-state index contributed by atoms with van der Waals surface area (Å²) < 4.78 is 27.5. The molecule has 0 amide bonds. The number of carbonyl (C=O) groups is 1. The molecule has 0 saturated heterocycles. The molecule has 1 heterocycles. The number of aryl methyl sites for hydroxylation is 2. The van der Waals surface area contributed by atoms with Crippen molar-refractivity contribution >= 4 is 38.2 Å². The molecule has 4 N–H and O–H groups in total. The Morgan fingerprint density at radius 1 is 1.03 bits per heavy atom. The van der Waals surface area contributed by atoms with E-state index < -0.39 is 10.0 Å². The van der Waals surface area contributed by atoms with Crippen LogP contribution in [0.15, 0.2) is 77.7 Å². The quantitative estimate of drug-likeness (QED) is 0.199. The highest BCUT2D eigenvalue weighted by Crippen LogP contribution is 2.29. The number of para-hydroxylation sites is 1. The van der Waals surface area contributed by atoms with Gasteiger partial charge in [-0.05, 0) is 43.2 Å². The van der Waals surface area contributed by atoms with Gasteiger partial charge in [0.2, 0.25) is 0 Å². The molecule has 174 valence electrons. The van der Waals surface area contributed by atoms with E-state index in [-0.39, 0.29) is 16.5 Å². The molecule has 1 aromatic heterocycles. The standard InChI is InChI=1S/C26H26N4O3S/c1-17-25(24(31)15-10-18-8-11-19(12-9-18)26(27)28)22-14-13-21(16-23(22)29-17)34(32,33)30(2)20-6-4-3-5-7-20/h3-9,11-14,16,29H,10,15H2,1-2H3,(H3,27,28). The molecule has 8 heteroatoms. The van der Waals surface area contributed by atoms with E-state index in [0.29, 0.717) is 46.3 Å². The topological polar surface area (TPSA) is 120 Å². The third-order valence-corrected chi connectivity index (χ3v) is 7.70. The van der Waals surface area contributed by atoms with Gasteiger partial charge in [0.1, 0.15) is 5.84 Å². The van der Waals surface area contributed by atoms with Gasteiger partial charge in [0, 0.05) is 41.2 Å². The molecule has 34 heavy (non-hydrogen) atoms. The summed E-state index contributed by atoms with van der Waals surface area (Å²) >= 11 is 0. The molecule has 4 rings (SSSR count). The Kier molecular flexibility index (Phi) is 6.26. The van der Waals surface area contributed by atoms with E-state index in [2.05, 4.69) is 4.98 Å². The maximum absolute atomic E-state index is 13.2. The van der Waals surface area contributed by atoms with Gasteiger partial charge in [-0.1, -0.05) is 48.5 Å². The minimum Gasteiger partial charge on any atom is -0.384 e. The summed E-state index contributed by atoms with van der Waals surface area (Å²) in [6.45, 7) is 1.82. The zero-order valence-electron chi connectivity index (χ0n) is 19.0. The Hall–Kier alpha value is -3.91. The number of fused-ring (bicyclic) bond motifs is 1. The minimum absolute atomic E-state index is 0.00777. The lowest BCUT2D eigenvalue weighted by Crippen LogP contribution is -2.26. The third kappa shape index (κ3) is 4.45. The van der Waals surface area contributed by atoms with Gasteiger partial charge in [-0.25, -0.2) is 8.42 Å². The number of carbonyl (C=O) groups excluding carboxylic acids is 1. The van der Waals surface area contributed by atoms with Gasteiger partial charge in [-0.3, -0.25) is 14.5 Å². The Morgan fingerprint density at radius 2 is 1.71 bits per heavy atom. The first kappa shape index (κ1) is 23.3. The second-order valence-corrected chi connectivity index (χ2v) is 10.1. The van der Waals surface area contributed by atoms with Crippen LogP contribution in [-0.4, -0.2) is 32.1 Å².